The van der Waals surface area contributed by atoms with Crippen molar-refractivity contribution in [2.24, 2.45) is 0 Å². The maximum absolute atomic E-state index is 3.89. The van der Waals surface area contributed by atoms with Gasteiger partial charge in [-0.2, -0.15) is 0 Å². The van der Waals surface area contributed by atoms with Gasteiger partial charge in [-0.15, -0.1) is 22.7 Å². The van der Waals surface area contributed by atoms with Crippen LogP contribution in [-0.4, -0.2) is 0 Å². The van der Waals surface area contributed by atoms with Gasteiger partial charge < -0.3 is 0 Å². The Morgan fingerprint density at radius 1 is 0.667 bits per heavy atom. The molecule has 0 amide bonds. The minimum atomic E-state index is 0.643. The van der Waals surface area contributed by atoms with Crippen LogP contribution < -0.4 is 0 Å². The summed E-state index contributed by atoms with van der Waals surface area (Å²) in [5, 5.41) is 0. The van der Waals surface area contributed by atoms with Crippen molar-refractivity contribution < 1.29 is 0 Å². The minimum absolute atomic E-state index is 0.643. The Morgan fingerprint density at radius 3 is 1.43 bits per heavy atom. The summed E-state index contributed by atoms with van der Waals surface area (Å²) in [6, 6.07) is 13.8. The number of halogens is 2. The fourth-order valence-electron chi connectivity index (χ4n) is 3.76. The zero-order valence-corrected chi connectivity index (χ0v) is 23.2. The first-order chi connectivity index (χ1) is 14.5. The molecule has 0 aliphatic heterocycles. The Bertz CT molecular complexity index is 877. The molecule has 0 saturated carbocycles. The second-order valence-electron chi connectivity index (χ2n) is 8.28. The number of rotatable bonds is 10. The highest BCUT2D eigenvalue weighted by molar-refractivity contribution is 9.13. The van der Waals surface area contributed by atoms with E-state index in [4.69, 9.17) is 0 Å². The highest BCUT2D eigenvalue weighted by Gasteiger charge is 2.17. The SMILES string of the molecule is CCCCC(C)c1ccc(-c2ccc(-c3ccc(C(C)CCCC)s3)c(Br)c2Br)s1. The van der Waals surface area contributed by atoms with Gasteiger partial charge in [0.15, 0.2) is 0 Å². The van der Waals surface area contributed by atoms with Crippen LogP contribution in [0, 0.1) is 0 Å². The van der Waals surface area contributed by atoms with Crippen molar-refractivity contribution in [2.45, 2.75) is 78.1 Å². The first kappa shape index (κ1) is 24.2. The summed E-state index contributed by atoms with van der Waals surface area (Å²) in [4.78, 5) is 5.67. The van der Waals surface area contributed by atoms with E-state index >= 15 is 0 Å². The molecular formula is C26H32Br2S2. The van der Waals surface area contributed by atoms with Crippen molar-refractivity contribution in [1.82, 2.24) is 0 Å². The van der Waals surface area contributed by atoms with E-state index in [0.717, 1.165) is 8.95 Å². The lowest BCUT2D eigenvalue weighted by atomic mass is 10.0. The van der Waals surface area contributed by atoms with Crippen molar-refractivity contribution in [3.8, 4) is 20.9 Å². The van der Waals surface area contributed by atoms with E-state index < -0.39 is 0 Å². The van der Waals surface area contributed by atoms with E-state index in [9.17, 15) is 0 Å². The van der Waals surface area contributed by atoms with Crippen LogP contribution in [0.2, 0.25) is 0 Å². The number of thiophene rings is 2. The maximum atomic E-state index is 3.89. The molecule has 2 atom stereocenters. The predicted octanol–water partition coefficient (Wildman–Crippen LogP) is 11.3. The second kappa shape index (κ2) is 11.4. The summed E-state index contributed by atoms with van der Waals surface area (Å²) in [6.07, 6.45) is 7.69. The summed E-state index contributed by atoms with van der Waals surface area (Å²) in [6.45, 7) is 9.25. The summed E-state index contributed by atoms with van der Waals surface area (Å²) >= 11 is 11.6. The third kappa shape index (κ3) is 5.68. The molecule has 0 nitrogen and oxygen atoms in total. The third-order valence-corrected chi connectivity index (χ3v) is 10.7. The molecule has 0 aliphatic carbocycles. The third-order valence-electron chi connectivity index (χ3n) is 5.82. The van der Waals surface area contributed by atoms with Gasteiger partial charge in [-0.1, -0.05) is 65.5 Å². The highest BCUT2D eigenvalue weighted by atomic mass is 79.9. The smallest absolute Gasteiger partial charge is 0.0410 e. The average molecular weight is 568 g/mol. The summed E-state index contributed by atoms with van der Waals surface area (Å²) in [7, 11) is 0. The van der Waals surface area contributed by atoms with Gasteiger partial charge >= 0.3 is 0 Å². The summed E-state index contributed by atoms with van der Waals surface area (Å²) in [5.41, 5.74) is 2.55. The van der Waals surface area contributed by atoms with Gasteiger partial charge in [-0.25, -0.2) is 0 Å². The number of hydrogen-bond acceptors (Lipinski definition) is 2. The van der Waals surface area contributed by atoms with Crippen LogP contribution in [0.15, 0.2) is 45.3 Å². The molecule has 2 aromatic heterocycles. The molecule has 4 heteroatoms. The lowest BCUT2D eigenvalue weighted by Gasteiger charge is -2.10. The largest absolute Gasteiger partial charge is 0.140 e. The van der Waals surface area contributed by atoms with E-state index in [1.807, 2.05) is 22.7 Å². The molecule has 162 valence electrons. The number of unbranched alkanes of at least 4 members (excludes halogenated alkanes) is 2. The van der Waals surface area contributed by atoms with Crippen LogP contribution in [0.25, 0.3) is 20.9 Å². The first-order valence-corrected chi connectivity index (χ1v) is 14.4. The van der Waals surface area contributed by atoms with Gasteiger partial charge in [0.1, 0.15) is 0 Å². The molecule has 0 spiro atoms. The molecule has 0 fully saturated rings. The molecule has 3 aromatic rings. The van der Waals surface area contributed by atoms with Crippen molar-refractivity contribution in [3.05, 3.63) is 55.1 Å². The molecule has 0 N–H and O–H groups in total. The zero-order chi connectivity index (χ0) is 21.7. The van der Waals surface area contributed by atoms with Gasteiger partial charge in [0, 0.05) is 39.6 Å². The van der Waals surface area contributed by atoms with Crippen molar-refractivity contribution in [3.63, 3.8) is 0 Å². The normalized spacial score (nSPS) is 13.5. The molecule has 30 heavy (non-hydrogen) atoms. The Morgan fingerprint density at radius 2 is 1.07 bits per heavy atom. The monoisotopic (exact) mass is 566 g/mol. The van der Waals surface area contributed by atoms with Crippen LogP contribution in [0.1, 0.15) is 87.8 Å². The lowest BCUT2D eigenvalue weighted by molar-refractivity contribution is 0.632. The molecule has 3 rings (SSSR count). The Balaban J connectivity index is 1.83. The van der Waals surface area contributed by atoms with E-state index in [2.05, 4.69) is 96.0 Å². The van der Waals surface area contributed by atoms with Gasteiger partial charge in [0.2, 0.25) is 0 Å². The molecule has 0 aliphatic rings. The molecule has 0 saturated heterocycles. The number of hydrogen-bond donors (Lipinski definition) is 0. The lowest BCUT2D eigenvalue weighted by Crippen LogP contribution is -1.89. The molecule has 2 unspecified atom stereocenters. The molecule has 0 radical (unpaired) electrons. The van der Waals surface area contributed by atoms with E-state index in [1.165, 1.54) is 69.2 Å². The predicted molar refractivity (Wildman–Crippen MR) is 144 cm³/mol. The van der Waals surface area contributed by atoms with Crippen LogP contribution in [-0.2, 0) is 0 Å². The van der Waals surface area contributed by atoms with Crippen molar-refractivity contribution >= 4 is 54.5 Å². The standard InChI is InChI=1S/C26H32Br2S2/c1-5-7-9-17(3)21-13-15-23(29-21)19-11-12-20(26(28)25(19)27)24-16-14-22(30-24)18(4)10-8-6-2/h11-18H,5-10H2,1-4H3. The zero-order valence-electron chi connectivity index (χ0n) is 18.4. The minimum Gasteiger partial charge on any atom is -0.140 e. The van der Waals surface area contributed by atoms with Gasteiger partial charge in [0.05, 0.1) is 0 Å². The fourth-order valence-corrected chi connectivity index (χ4v) is 7.39. The average Bonchev–Trinajstić information content (AvgIpc) is 3.42. The van der Waals surface area contributed by atoms with Gasteiger partial charge in [-0.05, 0) is 80.8 Å². The van der Waals surface area contributed by atoms with E-state index in [-0.39, 0.29) is 0 Å². The first-order valence-electron chi connectivity index (χ1n) is 11.1. The topological polar surface area (TPSA) is 0 Å². The van der Waals surface area contributed by atoms with E-state index in [0.29, 0.717) is 11.8 Å². The van der Waals surface area contributed by atoms with Crippen LogP contribution in [0.4, 0.5) is 0 Å². The Labute approximate surface area is 207 Å². The Kier molecular flexibility index (Phi) is 9.24. The molecular weight excluding hydrogens is 536 g/mol. The summed E-state index contributed by atoms with van der Waals surface area (Å²) in [5.74, 6) is 1.29. The quantitative estimate of drug-likeness (QED) is 0.228. The number of benzene rings is 1. The van der Waals surface area contributed by atoms with Crippen LogP contribution >= 0.6 is 54.5 Å². The van der Waals surface area contributed by atoms with Crippen molar-refractivity contribution in [2.75, 3.05) is 0 Å². The maximum Gasteiger partial charge on any atom is 0.0410 e. The van der Waals surface area contributed by atoms with Gasteiger partial charge in [0.25, 0.3) is 0 Å². The summed E-state index contributed by atoms with van der Waals surface area (Å²) < 4.78 is 2.31. The molecule has 1 aromatic carbocycles. The van der Waals surface area contributed by atoms with Crippen LogP contribution in [0.5, 0.6) is 0 Å². The Hall–Kier alpha value is -0.420. The van der Waals surface area contributed by atoms with Crippen molar-refractivity contribution in [1.29, 1.82) is 0 Å². The second-order valence-corrected chi connectivity index (χ2v) is 12.1. The van der Waals surface area contributed by atoms with E-state index in [1.54, 1.807) is 0 Å². The van der Waals surface area contributed by atoms with Crippen LogP contribution in [0.3, 0.4) is 0 Å². The highest BCUT2D eigenvalue weighted by Crippen LogP contribution is 2.45. The molecule has 0 bridgehead atoms. The fraction of sp³-hybridized carbons (Fsp3) is 0.462. The molecule has 2 heterocycles. The van der Waals surface area contributed by atoms with Gasteiger partial charge in [-0.3, -0.25) is 0 Å².